The van der Waals surface area contributed by atoms with Crippen molar-refractivity contribution in [2.75, 3.05) is 0 Å². The van der Waals surface area contributed by atoms with Gasteiger partial charge in [0, 0.05) is 33.4 Å². The van der Waals surface area contributed by atoms with Crippen molar-refractivity contribution in [3.63, 3.8) is 0 Å². The first kappa shape index (κ1) is 39.9. The molecule has 2 heterocycles. The van der Waals surface area contributed by atoms with Crippen LogP contribution in [0.4, 0.5) is 0 Å². The van der Waals surface area contributed by atoms with Crippen LogP contribution in [0.25, 0.3) is 113 Å². The van der Waals surface area contributed by atoms with Crippen LogP contribution in [-0.2, 0) is 0 Å². The minimum atomic E-state index is 0.602. The number of hydrogen-bond donors (Lipinski definition) is 0. The van der Waals surface area contributed by atoms with Crippen LogP contribution < -0.4 is 0 Å². The molecule has 0 radical (unpaired) electrons. The van der Waals surface area contributed by atoms with E-state index >= 15 is 0 Å². The quantitative estimate of drug-likeness (QED) is 0.137. The summed E-state index contributed by atoms with van der Waals surface area (Å²) in [6.45, 7) is 0. The van der Waals surface area contributed by atoms with Gasteiger partial charge in [-0.2, -0.15) is 0 Å². The number of rotatable bonds is 10. The van der Waals surface area contributed by atoms with Crippen molar-refractivity contribution in [2.45, 2.75) is 0 Å². The van der Waals surface area contributed by atoms with E-state index in [9.17, 15) is 0 Å². The molecule has 5 heteroatoms. The Bertz CT molecular complexity index is 3310. The second-order valence-corrected chi connectivity index (χ2v) is 16.1. The third-order valence-corrected chi connectivity index (χ3v) is 11.8. The molecule has 0 saturated carbocycles. The molecule has 11 aromatic rings. The first-order valence-electron chi connectivity index (χ1n) is 22.1. The summed E-state index contributed by atoms with van der Waals surface area (Å²) in [5.74, 6) is 2.50. The summed E-state index contributed by atoms with van der Waals surface area (Å²) in [7, 11) is 0. The third-order valence-electron chi connectivity index (χ3n) is 11.8. The van der Waals surface area contributed by atoms with Crippen molar-refractivity contribution in [2.24, 2.45) is 0 Å². The van der Waals surface area contributed by atoms with E-state index < -0.39 is 0 Å². The standard InChI is InChI=1S/C61H41N5/c1-5-15-42(16-6-1)45-27-33-48(34-28-45)56-41-57(63-58(62-56)50-35-29-46(30-36-50)43-17-7-2-8-18-43)54-25-13-23-52(39-54)53-24-14-26-55(40-53)61-65-59(49-21-11-4-12-22-49)64-60(66-61)51-37-31-47(32-38-51)44-19-9-3-10-20-44/h1-41H. The Morgan fingerprint density at radius 2 is 0.409 bits per heavy atom. The fraction of sp³-hybridized carbons (Fsp3) is 0. The maximum atomic E-state index is 5.23. The molecule has 11 rings (SSSR count). The van der Waals surface area contributed by atoms with E-state index in [1.165, 1.54) is 11.1 Å². The Balaban J connectivity index is 0.962. The molecule has 0 saturated heterocycles. The highest BCUT2D eigenvalue weighted by molar-refractivity contribution is 5.79. The highest BCUT2D eigenvalue weighted by Gasteiger charge is 2.16. The van der Waals surface area contributed by atoms with Gasteiger partial charge in [0.15, 0.2) is 23.3 Å². The van der Waals surface area contributed by atoms with Gasteiger partial charge < -0.3 is 0 Å². The van der Waals surface area contributed by atoms with E-state index in [2.05, 4.69) is 200 Å². The van der Waals surface area contributed by atoms with Crippen LogP contribution in [0.5, 0.6) is 0 Å². The second-order valence-electron chi connectivity index (χ2n) is 16.1. The number of hydrogen-bond acceptors (Lipinski definition) is 5. The largest absolute Gasteiger partial charge is 0.228 e. The topological polar surface area (TPSA) is 64.5 Å². The molecule has 0 amide bonds. The molecule has 0 fully saturated rings. The zero-order chi connectivity index (χ0) is 44.1. The lowest BCUT2D eigenvalue weighted by Crippen LogP contribution is -2.00. The van der Waals surface area contributed by atoms with Crippen LogP contribution in [0.1, 0.15) is 0 Å². The molecule has 66 heavy (non-hydrogen) atoms. The molecule has 0 aliphatic rings. The van der Waals surface area contributed by atoms with Gasteiger partial charge in [-0.05, 0) is 62.7 Å². The minimum absolute atomic E-state index is 0.602. The minimum Gasteiger partial charge on any atom is -0.228 e. The van der Waals surface area contributed by atoms with Crippen LogP contribution in [-0.4, -0.2) is 24.9 Å². The average molecular weight is 844 g/mol. The Hall–Kier alpha value is -8.93. The van der Waals surface area contributed by atoms with Gasteiger partial charge in [-0.1, -0.05) is 231 Å². The average Bonchev–Trinajstić information content (AvgIpc) is 3.42. The molecule has 0 N–H and O–H groups in total. The van der Waals surface area contributed by atoms with E-state index in [0.717, 1.165) is 78.1 Å². The fourth-order valence-corrected chi connectivity index (χ4v) is 8.27. The zero-order valence-corrected chi connectivity index (χ0v) is 35.9. The molecule has 2 aromatic heterocycles. The van der Waals surface area contributed by atoms with E-state index in [1.54, 1.807) is 0 Å². The molecule has 9 aromatic carbocycles. The lowest BCUT2D eigenvalue weighted by Gasteiger charge is -2.12. The van der Waals surface area contributed by atoms with Gasteiger partial charge in [-0.15, -0.1) is 0 Å². The van der Waals surface area contributed by atoms with Crippen LogP contribution in [0.3, 0.4) is 0 Å². The van der Waals surface area contributed by atoms with Crippen LogP contribution in [0.2, 0.25) is 0 Å². The molecule has 0 aliphatic heterocycles. The van der Waals surface area contributed by atoms with Crippen molar-refractivity contribution >= 4 is 0 Å². The fourth-order valence-electron chi connectivity index (χ4n) is 8.27. The maximum absolute atomic E-state index is 5.23. The zero-order valence-electron chi connectivity index (χ0n) is 35.9. The smallest absolute Gasteiger partial charge is 0.164 e. The molecule has 0 bridgehead atoms. The Morgan fingerprint density at radius 1 is 0.152 bits per heavy atom. The van der Waals surface area contributed by atoms with Crippen LogP contribution >= 0.6 is 0 Å². The van der Waals surface area contributed by atoms with E-state index in [1.807, 2.05) is 48.5 Å². The third kappa shape index (κ3) is 8.57. The van der Waals surface area contributed by atoms with Gasteiger partial charge in [-0.3, -0.25) is 0 Å². The first-order chi connectivity index (χ1) is 32.7. The van der Waals surface area contributed by atoms with Gasteiger partial charge in [0.05, 0.1) is 11.4 Å². The molecular weight excluding hydrogens is 803 g/mol. The van der Waals surface area contributed by atoms with Crippen LogP contribution in [0.15, 0.2) is 249 Å². The normalized spacial score (nSPS) is 11.0. The summed E-state index contributed by atoms with van der Waals surface area (Å²) >= 11 is 0. The highest BCUT2D eigenvalue weighted by Crippen LogP contribution is 2.34. The monoisotopic (exact) mass is 843 g/mol. The van der Waals surface area contributed by atoms with Gasteiger partial charge >= 0.3 is 0 Å². The van der Waals surface area contributed by atoms with Gasteiger partial charge in [-0.25, -0.2) is 24.9 Å². The van der Waals surface area contributed by atoms with Crippen LogP contribution in [0, 0.1) is 0 Å². The molecule has 0 spiro atoms. The lowest BCUT2D eigenvalue weighted by atomic mass is 9.98. The van der Waals surface area contributed by atoms with Gasteiger partial charge in [0.25, 0.3) is 0 Å². The maximum Gasteiger partial charge on any atom is 0.164 e. The predicted molar refractivity (Wildman–Crippen MR) is 270 cm³/mol. The Morgan fingerprint density at radius 3 is 0.848 bits per heavy atom. The SMILES string of the molecule is c1ccc(-c2ccc(-c3cc(-c4cccc(-c5cccc(-c6nc(-c7ccccc7)nc(-c7ccc(-c8ccccc8)cc7)n6)c5)c4)nc(-c4ccc(-c5ccccc5)cc4)n3)cc2)cc1. The van der Waals surface area contributed by atoms with Crippen molar-refractivity contribution in [3.05, 3.63) is 249 Å². The highest BCUT2D eigenvalue weighted by atomic mass is 15.0. The Labute approximate surface area is 384 Å². The second kappa shape index (κ2) is 18.0. The van der Waals surface area contributed by atoms with E-state index in [4.69, 9.17) is 24.9 Å². The molecule has 0 unspecified atom stereocenters. The van der Waals surface area contributed by atoms with Crippen molar-refractivity contribution in [3.8, 4) is 113 Å². The molecule has 310 valence electrons. The summed E-state index contributed by atoms with van der Waals surface area (Å²) < 4.78 is 0. The van der Waals surface area contributed by atoms with Crippen molar-refractivity contribution in [1.29, 1.82) is 0 Å². The number of nitrogens with zero attached hydrogens (tertiary/aromatic N) is 5. The number of aromatic nitrogens is 5. The van der Waals surface area contributed by atoms with Gasteiger partial charge in [0.1, 0.15) is 0 Å². The Kier molecular flexibility index (Phi) is 10.9. The van der Waals surface area contributed by atoms with E-state index in [0.29, 0.717) is 23.3 Å². The molecule has 0 aliphatic carbocycles. The van der Waals surface area contributed by atoms with Gasteiger partial charge in [0.2, 0.25) is 0 Å². The first-order valence-corrected chi connectivity index (χ1v) is 22.1. The molecule has 5 nitrogen and oxygen atoms in total. The summed E-state index contributed by atoms with van der Waals surface area (Å²) in [5.41, 5.74) is 16.4. The molecular formula is C61H41N5. The van der Waals surface area contributed by atoms with Crippen molar-refractivity contribution in [1.82, 2.24) is 24.9 Å². The van der Waals surface area contributed by atoms with Crippen molar-refractivity contribution < 1.29 is 0 Å². The number of benzene rings is 9. The summed E-state index contributed by atoms with van der Waals surface area (Å²) in [6, 6.07) is 85.9. The van der Waals surface area contributed by atoms with E-state index in [-0.39, 0.29) is 0 Å². The summed E-state index contributed by atoms with van der Waals surface area (Å²) in [4.78, 5) is 25.5. The summed E-state index contributed by atoms with van der Waals surface area (Å²) in [6.07, 6.45) is 0. The lowest BCUT2D eigenvalue weighted by molar-refractivity contribution is 1.07. The summed E-state index contributed by atoms with van der Waals surface area (Å²) in [5, 5.41) is 0. The predicted octanol–water partition coefficient (Wildman–Crippen LogP) is 15.3. The molecule has 0 atom stereocenters.